The van der Waals surface area contributed by atoms with Gasteiger partial charge in [-0.1, -0.05) is 23.9 Å². The summed E-state index contributed by atoms with van der Waals surface area (Å²) in [7, 11) is 1.56. The van der Waals surface area contributed by atoms with Crippen molar-refractivity contribution in [1.29, 1.82) is 0 Å². The van der Waals surface area contributed by atoms with Crippen LogP contribution in [-0.2, 0) is 4.79 Å². The fourth-order valence-corrected chi connectivity index (χ4v) is 3.50. The van der Waals surface area contributed by atoms with E-state index in [0.29, 0.717) is 10.7 Å². The van der Waals surface area contributed by atoms with Gasteiger partial charge in [-0.3, -0.25) is 25.1 Å². The van der Waals surface area contributed by atoms with Crippen molar-refractivity contribution >= 4 is 51.9 Å². The van der Waals surface area contributed by atoms with Crippen LogP contribution in [0.2, 0.25) is 0 Å². The minimum atomic E-state index is -0.600. The molecule has 1 aliphatic heterocycles. The summed E-state index contributed by atoms with van der Waals surface area (Å²) < 4.78 is 5.27. The lowest BCUT2D eigenvalue weighted by Crippen LogP contribution is -2.44. The predicted molar refractivity (Wildman–Crippen MR) is 109 cm³/mol. The SMILES string of the molecule is COc1ccc(/C=C2\SC(=S)N(NC(=O)c3ccc([N+](=O)[O-])cc3)C2=O)cc1. The number of hydrazine groups is 1. The molecule has 2 aromatic rings. The number of amides is 2. The van der Waals surface area contributed by atoms with E-state index in [1.807, 2.05) is 0 Å². The number of hydrogen-bond donors (Lipinski definition) is 1. The fourth-order valence-electron chi connectivity index (χ4n) is 2.32. The smallest absolute Gasteiger partial charge is 0.285 e. The van der Waals surface area contributed by atoms with Crippen LogP contribution in [0, 0.1) is 10.1 Å². The quantitative estimate of drug-likeness (QED) is 0.346. The Kier molecular flexibility index (Phi) is 5.71. The molecule has 1 fully saturated rings. The Hall–Kier alpha value is -3.24. The number of hydrogen-bond acceptors (Lipinski definition) is 7. The molecule has 142 valence electrons. The molecule has 0 aliphatic carbocycles. The van der Waals surface area contributed by atoms with Gasteiger partial charge in [0, 0.05) is 17.7 Å². The first-order chi connectivity index (χ1) is 13.4. The Morgan fingerprint density at radius 2 is 1.86 bits per heavy atom. The van der Waals surface area contributed by atoms with Crippen LogP contribution in [-0.4, -0.2) is 33.2 Å². The van der Waals surface area contributed by atoms with Crippen LogP contribution in [0.25, 0.3) is 6.08 Å². The van der Waals surface area contributed by atoms with Crippen LogP contribution in [0.3, 0.4) is 0 Å². The fraction of sp³-hybridized carbons (Fsp3) is 0.0556. The molecule has 0 saturated carbocycles. The number of carbonyl (C=O) groups is 2. The number of thioether (sulfide) groups is 1. The van der Waals surface area contributed by atoms with Crippen molar-refractivity contribution in [2.24, 2.45) is 0 Å². The number of rotatable bonds is 5. The Bertz CT molecular complexity index is 987. The number of nitrogens with one attached hydrogen (secondary N) is 1. The molecule has 28 heavy (non-hydrogen) atoms. The highest BCUT2D eigenvalue weighted by Gasteiger charge is 2.33. The van der Waals surface area contributed by atoms with Crippen molar-refractivity contribution in [3.05, 3.63) is 74.7 Å². The van der Waals surface area contributed by atoms with Gasteiger partial charge < -0.3 is 4.74 Å². The lowest BCUT2D eigenvalue weighted by Gasteiger charge is -2.15. The molecular weight excluding hydrogens is 402 g/mol. The molecule has 3 rings (SSSR count). The third kappa shape index (κ3) is 4.18. The maximum absolute atomic E-state index is 12.6. The van der Waals surface area contributed by atoms with E-state index in [-0.39, 0.29) is 15.6 Å². The summed E-state index contributed by atoms with van der Waals surface area (Å²) in [6.45, 7) is 0. The van der Waals surface area contributed by atoms with Crippen LogP contribution >= 0.6 is 24.0 Å². The highest BCUT2D eigenvalue weighted by atomic mass is 32.2. The van der Waals surface area contributed by atoms with Gasteiger partial charge in [0.25, 0.3) is 17.5 Å². The van der Waals surface area contributed by atoms with Crippen molar-refractivity contribution in [1.82, 2.24) is 10.4 Å². The number of thiocarbonyl (C=S) groups is 1. The van der Waals surface area contributed by atoms with Gasteiger partial charge in [-0.2, -0.15) is 5.01 Å². The molecule has 1 heterocycles. The number of nitrogens with zero attached hydrogens (tertiary/aromatic N) is 2. The number of non-ortho nitro benzene ring substituents is 1. The first-order valence-electron chi connectivity index (χ1n) is 7.86. The average Bonchev–Trinajstić information content (AvgIpc) is 2.96. The molecule has 1 aliphatic rings. The van der Waals surface area contributed by atoms with Gasteiger partial charge in [-0.25, -0.2) is 0 Å². The average molecular weight is 415 g/mol. The standard InChI is InChI=1S/C18H13N3O5S2/c1-26-14-8-2-11(3-9-14)10-15-17(23)20(18(27)28-15)19-16(22)12-4-6-13(7-5-12)21(24)25/h2-10H,1H3,(H,19,22)/b15-10-. The van der Waals surface area contributed by atoms with Crippen LogP contribution < -0.4 is 10.2 Å². The van der Waals surface area contributed by atoms with Gasteiger partial charge in [0.05, 0.1) is 16.9 Å². The third-order valence-corrected chi connectivity index (χ3v) is 5.06. The molecule has 1 N–H and O–H groups in total. The van der Waals surface area contributed by atoms with Crippen molar-refractivity contribution in [3.63, 3.8) is 0 Å². The second-order valence-corrected chi connectivity index (χ2v) is 7.21. The maximum atomic E-state index is 12.6. The molecule has 10 heteroatoms. The normalized spacial score (nSPS) is 15.0. The van der Waals surface area contributed by atoms with E-state index in [2.05, 4.69) is 5.43 Å². The molecule has 0 radical (unpaired) electrons. The van der Waals surface area contributed by atoms with Crippen molar-refractivity contribution in [2.75, 3.05) is 7.11 Å². The summed E-state index contributed by atoms with van der Waals surface area (Å²) >= 11 is 6.24. The molecule has 0 spiro atoms. The van der Waals surface area contributed by atoms with E-state index >= 15 is 0 Å². The van der Waals surface area contributed by atoms with Crippen molar-refractivity contribution in [2.45, 2.75) is 0 Å². The summed E-state index contributed by atoms with van der Waals surface area (Å²) in [5.74, 6) is -0.363. The summed E-state index contributed by atoms with van der Waals surface area (Å²) in [5.41, 5.74) is 3.24. The highest BCUT2D eigenvalue weighted by molar-refractivity contribution is 8.26. The molecule has 8 nitrogen and oxygen atoms in total. The van der Waals surface area contributed by atoms with Crippen LogP contribution in [0.15, 0.2) is 53.4 Å². The molecule has 1 saturated heterocycles. The van der Waals surface area contributed by atoms with Gasteiger partial charge in [0.1, 0.15) is 5.75 Å². The topological polar surface area (TPSA) is 102 Å². The van der Waals surface area contributed by atoms with Crippen LogP contribution in [0.4, 0.5) is 5.69 Å². The van der Waals surface area contributed by atoms with Gasteiger partial charge in [0.2, 0.25) is 0 Å². The zero-order valence-corrected chi connectivity index (χ0v) is 16.1. The maximum Gasteiger partial charge on any atom is 0.285 e. The summed E-state index contributed by atoms with van der Waals surface area (Å²) in [5, 5.41) is 11.7. The number of nitro groups is 1. The zero-order valence-electron chi connectivity index (χ0n) is 14.4. The Balaban J connectivity index is 1.73. The Morgan fingerprint density at radius 1 is 1.21 bits per heavy atom. The second kappa shape index (κ2) is 8.19. The Labute approximate surface area is 169 Å². The minimum Gasteiger partial charge on any atom is -0.497 e. The third-order valence-electron chi connectivity index (χ3n) is 3.76. The molecule has 2 aromatic carbocycles. The molecule has 0 atom stereocenters. The van der Waals surface area contributed by atoms with Crippen molar-refractivity contribution in [3.8, 4) is 5.75 Å². The second-order valence-electron chi connectivity index (χ2n) is 5.54. The van der Waals surface area contributed by atoms with E-state index < -0.39 is 16.7 Å². The van der Waals surface area contributed by atoms with E-state index in [1.165, 1.54) is 24.3 Å². The largest absolute Gasteiger partial charge is 0.497 e. The van der Waals surface area contributed by atoms with Gasteiger partial charge in [-0.05, 0) is 48.1 Å². The minimum absolute atomic E-state index is 0.135. The number of nitro benzene ring substituents is 1. The molecular formula is C18H13N3O5S2. The van der Waals surface area contributed by atoms with Crippen LogP contribution in [0.5, 0.6) is 5.75 Å². The van der Waals surface area contributed by atoms with Gasteiger partial charge in [-0.15, -0.1) is 0 Å². The van der Waals surface area contributed by atoms with Crippen molar-refractivity contribution < 1.29 is 19.2 Å². The van der Waals surface area contributed by atoms with E-state index in [4.69, 9.17) is 17.0 Å². The molecule has 0 aromatic heterocycles. The zero-order chi connectivity index (χ0) is 20.3. The first-order valence-corrected chi connectivity index (χ1v) is 9.09. The predicted octanol–water partition coefficient (Wildman–Crippen LogP) is 3.15. The highest BCUT2D eigenvalue weighted by Crippen LogP contribution is 2.31. The number of benzene rings is 2. The van der Waals surface area contributed by atoms with Gasteiger partial charge >= 0.3 is 0 Å². The molecule has 0 bridgehead atoms. The molecule has 0 unspecified atom stereocenters. The van der Waals surface area contributed by atoms with E-state index in [9.17, 15) is 19.7 Å². The van der Waals surface area contributed by atoms with E-state index in [1.54, 1.807) is 37.5 Å². The number of carbonyl (C=O) groups excluding carboxylic acids is 2. The summed E-state index contributed by atoms with van der Waals surface area (Å²) in [6, 6.07) is 12.1. The lowest BCUT2D eigenvalue weighted by molar-refractivity contribution is -0.384. The monoisotopic (exact) mass is 415 g/mol. The summed E-state index contributed by atoms with van der Waals surface area (Å²) in [4.78, 5) is 35.4. The molecule has 2 amide bonds. The first kappa shape index (κ1) is 19.5. The van der Waals surface area contributed by atoms with Gasteiger partial charge in [0.15, 0.2) is 4.32 Å². The Morgan fingerprint density at radius 3 is 2.43 bits per heavy atom. The lowest BCUT2D eigenvalue weighted by atomic mass is 10.2. The number of methoxy groups -OCH3 is 1. The van der Waals surface area contributed by atoms with Crippen LogP contribution in [0.1, 0.15) is 15.9 Å². The summed E-state index contributed by atoms with van der Waals surface area (Å²) in [6.07, 6.45) is 1.66. The number of ether oxygens (including phenoxy) is 1. The van der Waals surface area contributed by atoms with E-state index in [0.717, 1.165) is 22.3 Å².